The van der Waals surface area contributed by atoms with Gasteiger partial charge in [-0.15, -0.1) is 0 Å². The molecule has 0 saturated carbocycles. The zero-order valence-electron chi connectivity index (χ0n) is 12.3. The van der Waals surface area contributed by atoms with Crippen molar-refractivity contribution in [1.29, 1.82) is 0 Å². The summed E-state index contributed by atoms with van der Waals surface area (Å²) < 4.78 is 5.85. The molecule has 3 heteroatoms. The van der Waals surface area contributed by atoms with Gasteiger partial charge in [-0.05, 0) is 38.7 Å². The van der Waals surface area contributed by atoms with Gasteiger partial charge in [-0.3, -0.25) is 4.79 Å². The maximum absolute atomic E-state index is 12.0. The van der Waals surface area contributed by atoms with Crippen LogP contribution in [0.2, 0.25) is 0 Å². The summed E-state index contributed by atoms with van der Waals surface area (Å²) >= 11 is 0. The standard InChI is InChI=1S/C17H23NO2/c1-16(2)12-17(8-9-20-16)11-15(19)18-14(17)10-13-6-4-3-5-7-13/h3-7,14H,8-12H2,1-2H3,(H,18,19). The Kier molecular flexibility index (Phi) is 3.33. The maximum atomic E-state index is 12.0. The van der Waals surface area contributed by atoms with Crippen LogP contribution in [0.3, 0.4) is 0 Å². The molecule has 3 rings (SSSR count). The van der Waals surface area contributed by atoms with Crippen LogP contribution >= 0.6 is 0 Å². The summed E-state index contributed by atoms with van der Waals surface area (Å²) in [5.74, 6) is 0.198. The molecular weight excluding hydrogens is 250 g/mol. The Bertz CT molecular complexity index is 497. The normalized spacial score (nSPS) is 32.3. The Morgan fingerprint density at radius 1 is 1.30 bits per heavy atom. The number of amides is 1. The van der Waals surface area contributed by atoms with Gasteiger partial charge in [0.25, 0.3) is 0 Å². The molecule has 0 aliphatic carbocycles. The number of nitrogens with one attached hydrogen (secondary N) is 1. The molecule has 2 unspecified atom stereocenters. The maximum Gasteiger partial charge on any atom is 0.220 e. The highest BCUT2D eigenvalue weighted by Gasteiger charge is 2.51. The lowest BCUT2D eigenvalue weighted by atomic mass is 9.68. The van der Waals surface area contributed by atoms with Gasteiger partial charge in [0.2, 0.25) is 5.91 Å². The molecule has 3 nitrogen and oxygen atoms in total. The van der Waals surface area contributed by atoms with E-state index in [1.54, 1.807) is 0 Å². The van der Waals surface area contributed by atoms with Crippen molar-refractivity contribution >= 4 is 5.91 Å². The number of carbonyl (C=O) groups is 1. The Hall–Kier alpha value is -1.35. The second-order valence-corrected chi connectivity index (χ2v) is 6.88. The molecule has 1 amide bonds. The molecule has 2 fully saturated rings. The first-order valence-electron chi connectivity index (χ1n) is 7.46. The van der Waals surface area contributed by atoms with Crippen molar-refractivity contribution in [2.75, 3.05) is 6.61 Å². The van der Waals surface area contributed by atoms with Crippen molar-refractivity contribution in [2.24, 2.45) is 5.41 Å². The first-order chi connectivity index (χ1) is 9.49. The number of hydrogen-bond acceptors (Lipinski definition) is 2. The van der Waals surface area contributed by atoms with Gasteiger partial charge in [-0.25, -0.2) is 0 Å². The molecule has 0 aromatic heterocycles. The third-order valence-corrected chi connectivity index (χ3v) is 4.74. The average molecular weight is 273 g/mol. The second-order valence-electron chi connectivity index (χ2n) is 6.88. The number of ether oxygens (including phenoxy) is 1. The highest BCUT2D eigenvalue weighted by molar-refractivity contribution is 5.80. The molecular formula is C17H23NO2. The second kappa shape index (κ2) is 4.88. The molecule has 2 atom stereocenters. The summed E-state index contributed by atoms with van der Waals surface area (Å²) in [6.07, 6.45) is 3.50. The van der Waals surface area contributed by atoms with Crippen molar-refractivity contribution in [3.8, 4) is 0 Å². The predicted molar refractivity (Wildman–Crippen MR) is 78.4 cm³/mol. The van der Waals surface area contributed by atoms with E-state index in [0.717, 1.165) is 25.9 Å². The Labute approximate surface area is 120 Å². The quantitative estimate of drug-likeness (QED) is 0.899. The lowest BCUT2D eigenvalue weighted by Crippen LogP contribution is -2.48. The lowest BCUT2D eigenvalue weighted by Gasteiger charge is -2.45. The summed E-state index contributed by atoms with van der Waals surface area (Å²) in [5.41, 5.74) is 1.23. The van der Waals surface area contributed by atoms with Crippen LogP contribution in [0, 0.1) is 5.41 Å². The monoisotopic (exact) mass is 273 g/mol. The largest absolute Gasteiger partial charge is 0.376 e. The van der Waals surface area contributed by atoms with Gasteiger partial charge in [0, 0.05) is 24.5 Å². The minimum absolute atomic E-state index is 0.0642. The van der Waals surface area contributed by atoms with Crippen molar-refractivity contribution in [3.63, 3.8) is 0 Å². The van der Waals surface area contributed by atoms with E-state index in [1.807, 2.05) is 6.07 Å². The van der Waals surface area contributed by atoms with Crippen LogP contribution in [-0.4, -0.2) is 24.2 Å². The van der Waals surface area contributed by atoms with Crippen LogP contribution in [-0.2, 0) is 16.0 Å². The lowest BCUT2D eigenvalue weighted by molar-refractivity contribution is -0.123. The van der Waals surface area contributed by atoms with Crippen LogP contribution in [0.1, 0.15) is 38.7 Å². The Morgan fingerprint density at radius 2 is 2.05 bits per heavy atom. The van der Waals surface area contributed by atoms with E-state index in [9.17, 15) is 4.79 Å². The zero-order chi connectivity index (χ0) is 14.2. The van der Waals surface area contributed by atoms with Gasteiger partial charge in [-0.2, -0.15) is 0 Å². The summed E-state index contributed by atoms with van der Waals surface area (Å²) in [6.45, 7) is 5.03. The van der Waals surface area contributed by atoms with Gasteiger partial charge in [0.05, 0.1) is 5.60 Å². The number of benzene rings is 1. The topological polar surface area (TPSA) is 38.3 Å². The zero-order valence-corrected chi connectivity index (χ0v) is 12.3. The minimum Gasteiger partial charge on any atom is -0.376 e. The first-order valence-corrected chi connectivity index (χ1v) is 7.46. The fourth-order valence-corrected chi connectivity index (χ4v) is 3.92. The van der Waals surface area contributed by atoms with Crippen molar-refractivity contribution in [3.05, 3.63) is 35.9 Å². The number of carbonyl (C=O) groups excluding carboxylic acids is 1. The summed E-state index contributed by atoms with van der Waals surface area (Å²) in [7, 11) is 0. The molecule has 2 saturated heterocycles. The first kappa shape index (κ1) is 13.6. The molecule has 20 heavy (non-hydrogen) atoms. The molecule has 0 radical (unpaired) electrons. The smallest absolute Gasteiger partial charge is 0.220 e. The van der Waals surface area contributed by atoms with Gasteiger partial charge in [0.15, 0.2) is 0 Å². The molecule has 1 N–H and O–H groups in total. The van der Waals surface area contributed by atoms with Gasteiger partial charge >= 0.3 is 0 Å². The average Bonchev–Trinajstić information content (AvgIpc) is 2.64. The van der Waals surface area contributed by atoms with E-state index in [-0.39, 0.29) is 23.0 Å². The van der Waals surface area contributed by atoms with E-state index in [0.29, 0.717) is 6.42 Å². The van der Waals surface area contributed by atoms with Crippen LogP contribution in [0.25, 0.3) is 0 Å². The van der Waals surface area contributed by atoms with E-state index in [1.165, 1.54) is 5.56 Å². The van der Waals surface area contributed by atoms with E-state index < -0.39 is 0 Å². The fraction of sp³-hybridized carbons (Fsp3) is 0.588. The molecule has 2 heterocycles. The van der Waals surface area contributed by atoms with Crippen molar-refractivity contribution < 1.29 is 9.53 Å². The predicted octanol–water partition coefficient (Wildman–Crippen LogP) is 2.69. The Balaban J connectivity index is 1.83. The molecule has 2 aliphatic heterocycles. The Morgan fingerprint density at radius 3 is 2.75 bits per heavy atom. The number of rotatable bonds is 2. The highest BCUT2D eigenvalue weighted by Crippen LogP contribution is 2.47. The summed E-state index contributed by atoms with van der Waals surface area (Å²) in [5, 5.41) is 3.21. The molecule has 2 aliphatic rings. The highest BCUT2D eigenvalue weighted by atomic mass is 16.5. The van der Waals surface area contributed by atoms with Crippen LogP contribution < -0.4 is 5.32 Å². The molecule has 108 valence electrons. The molecule has 1 aromatic carbocycles. The summed E-state index contributed by atoms with van der Waals surface area (Å²) in [6, 6.07) is 10.7. The van der Waals surface area contributed by atoms with Crippen molar-refractivity contribution in [1.82, 2.24) is 5.32 Å². The SMILES string of the molecule is CC1(C)CC2(CCO1)CC(=O)NC2Cc1ccccc1. The fourth-order valence-electron chi connectivity index (χ4n) is 3.92. The third kappa shape index (κ3) is 2.59. The molecule has 1 aromatic rings. The van der Waals surface area contributed by atoms with Crippen LogP contribution in [0.15, 0.2) is 30.3 Å². The van der Waals surface area contributed by atoms with Crippen LogP contribution in [0.4, 0.5) is 0 Å². The molecule has 0 bridgehead atoms. The van der Waals surface area contributed by atoms with Crippen molar-refractivity contribution in [2.45, 2.75) is 51.2 Å². The van der Waals surface area contributed by atoms with E-state index in [4.69, 9.17) is 4.74 Å². The number of hydrogen-bond donors (Lipinski definition) is 1. The van der Waals surface area contributed by atoms with E-state index >= 15 is 0 Å². The van der Waals surface area contributed by atoms with Gasteiger partial charge in [-0.1, -0.05) is 30.3 Å². The third-order valence-electron chi connectivity index (χ3n) is 4.74. The molecule has 1 spiro atoms. The van der Waals surface area contributed by atoms with Gasteiger partial charge in [0.1, 0.15) is 0 Å². The van der Waals surface area contributed by atoms with Gasteiger partial charge < -0.3 is 10.1 Å². The summed E-state index contributed by atoms with van der Waals surface area (Å²) in [4.78, 5) is 12.0. The minimum atomic E-state index is -0.126. The van der Waals surface area contributed by atoms with Crippen LogP contribution in [0.5, 0.6) is 0 Å². The van der Waals surface area contributed by atoms with E-state index in [2.05, 4.69) is 43.4 Å².